The average molecular weight is 871 g/mol. The molecule has 1 fully saturated rings. The fourth-order valence-corrected chi connectivity index (χ4v) is 6.66. The monoisotopic (exact) mass is 870 g/mol. The number of ether oxygens (including phenoxy) is 8. The number of carbonyl (C=O) groups excluding carboxylic acids is 5. The molecule has 0 unspecified atom stereocenters. The summed E-state index contributed by atoms with van der Waals surface area (Å²) in [6.45, 7) is 2.70. The summed E-state index contributed by atoms with van der Waals surface area (Å²) in [6.07, 6.45) is -6.71. The molecule has 0 radical (unpaired) electrons. The number of esters is 5. The molecule has 1 aromatic heterocycles. The van der Waals surface area contributed by atoms with Crippen LogP contribution in [0.2, 0.25) is 0 Å². The lowest BCUT2D eigenvalue weighted by molar-refractivity contribution is -0.275. The van der Waals surface area contributed by atoms with Crippen molar-refractivity contribution in [3.05, 3.63) is 172 Å². The molecule has 15 heteroatoms. The Bertz CT molecular complexity index is 2630. The minimum Gasteiger partial charge on any atom is -0.489 e. The van der Waals surface area contributed by atoms with Gasteiger partial charge in [-0.25, -0.2) is 24.0 Å². The Hall–Kier alpha value is -7.78. The molecule has 1 aliphatic heterocycles. The SMILES string of the molecule is CCCCOc1c(OC(C)=O)c(=O)oc2cc(O[C@@H]3O[C@H](COC(=O)c4ccccc4)[C@@H](OC(=O)c4ccccc4)[C@H](OC(=O)c4ccccc4)[C@H]3OC(=O)c3ccccc3)ccc12. The summed E-state index contributed by atoms with van der Waals surface area (Å²) in [6, 6.07) is 36.2. The predicted octanol–water partition coefficient (Wildman–Crippen LogP) is 7.53. The number of hydrogen-bond acceptors (Lipinski definition) is 15. The first-order chi connectivity index (χ1) is 31.1. The van der Waals surface area contributed by atoms with Gasteiger partial charge in [0.15, 0.2) is 18.0 Å². The Morgan fingerprint density at radius 3 is 1.61 bits per heavy atom. The molecule has 1 aliphatic rings. The zero-order valence-electron chi connectivity index (χ0n) is 34.6. The Balaban J connectivity index is 1.33. The average Bonchev–Trinajstić information content (AvgIpc) is 3.31. The molecule has 0 N–H and O–H groups in total. The van der Waals surface area contributed by atoms with E-state index in [0.29, 0.717) is 6.42 Å². The van der Waals surface area contributed by atoms with Crippen LogP contribution < -0.4 is 19.8 Å². The standard InChI is InChI=1S/C49H42O15/c1-3-4-27-56-39-36-26-25-35(28-37(36)60-48(55)42(39)58-30(2)50)59-49-43(64-47(54)34-23-15-8-16-24-34)41(63-46(53)33-21-13-7-14-22-33)40(62-45(52)32-19-11-6-12-20-32)38(61-49)29-57-44(51)31-17-9-5-10-18-31/h5-26,28,38,40-41,43,49H,3-4,27,29H2,1-2H3/t38-,40-,41+,43-,49-/m1/s1. The van der Waals surface area contributed by atoms with Crippen LogP contribution >= 0.6 is 0 Å². The van der Waals surface area contributed by atoms with Gasteiger partial charge in [-0.15, -0.1) is 0 Å². The molecule has 0 aliphatic carbocycles. The van der Waals surface area contributed by atoms with E-state index in [1.54, 1.807) is 84.9 Å². The van der Waals surface area contributed by atoms with Crippen molar-refractivity contribution in [3.8, 4) is 17.2 Å². The van der Waals surface area contributed by atoms with Crippen LogP contribution in [0, 0.1) is 0 Å². The van der Waals surface area contributed by atoms with Crippen LogP contribution in [-0.4, -0.2) is 73.8 Å². The Morgan fingerprint density at radius 1 is 0.594 bits per heavy atom. The first-order valence-electron chi connectivity index (χ1n) is 20.3. The van der Waals surface area contributed by atoms with Gasteiger partial charge < -0.3 is 42.3 Å². The molecule has 6 aromatic rings. The van der Waals surface area contributed by atoms with Crippen molar-refractivity contribution in [3.63, 3.8) is 0 Å². The smallest absolute Gasteiger partial charge is 0.383 e. The van der Waals surface area contributed by atoms with Gasteiger partial charge in [-0.1, -0.05) is 86.1 Å². The van der Waals surface area contributed by atoms with E-state index >= 15 is 0 Å². The number of carbonyl (C=O) groups is 5. The molecule has 5 atom stereocenters. The topological polar surface area (TPSA) is 189 Å². The lowest BCUT2D eigenvalue weighted by Gasteiger charge is -2.44. The molecule has 2 heterocycles. The summed E-state index contributed by atoms with van der Waals surface area (Å²) in [4.78, 5) is 80.3. The highest BCUT2D eigenvalue weighted by Crippen LogP contribution is 2.37. The predicted molar refractivity (Wildman–Crippen MR) is 227 cm³/mol. The number of unbranched alkanes of at least 4 members (excludes halogenated alkanes) is 1. The molecule has 1 saturated heterocycles. The molecule has 0 saturated carbocycles. The van der Waals surface area contributed by atoms with Crippen LogP contribution in [0.4, 0.5) is 0 Å². The zero-order valence-corrected chi connectivity index (χ0v) is 34.6. The Morgan fingerprint density at radius 2 is 1.09 bits per heavy atom. The van der Waals surface area contributed by atoms with E-state index in [9.17, 15) is 28.8 Å². The van der Waals surface area contributed by atoms with Crippen molar-refractivity contribution < 1.29 is 66.3 Å². The van der Waals surface area contributed by atoms with Gasteiger partial charge in [-0.2, -0.15) is 0 Å². The summed E-state index contributed by atoms with van der Waals surface area (Å²) in [5.41, 5.74) is -0.510. The van der Waals surface area contributed by atoms with Gasteiger partial charge >= 0.3 is 35.5 Å². The maximum atomic E-state index is 14.0. The highest BCUT2D eigenvalue weighted by molar-refractivity contribution is 5.92. The minimum absolute atomic E-state index is 0.0194. The third kappa shape index (κ3) is 10.8. The molecular formula is C49H42O15. The fraction of sp³-hybridized carbons (Fsp3) is 0.224. The molecule has 7 rings (SSSR count). The molecule has 0 bridgehead atoms. The summed E-state index contributed by atoms with van der Waals surface area (Å²) in [5.74, 6) is -4.63. The van der Waals surface area contributed by atoms with E-state index in [1.807, 2.05) is 6.92 Å². The van der Waals surface area contributed by atoms with E-state index in [-0.39, 0.29) is 51.3 Å². The summed E-state index contributed by atoms with van der Waals surface area (Å²) in [7, 11) is 0. The van der Waals surface area contributed by atoms with Crippen molar-refractivity contribution in [1.82, 2.24) is 0 Å². The molecule has 15 nitrogen and oxygen atoms in total. The van der Waals surface area contributed by atoms with Crippen molar-refractivity contribution in [2.45, 2.75) is 57.4 Å². The first kappa shape index (κ1) is 44.3. The lowest BCUT2D eigenvalue weighted by atomic mass is 9.97. The molecule has 0 amide bonds. The highest BCUT2D eigenvalue weighted by Gasteiger charge is 2.54. The van der Waals surface area contributed by atoms with Crippen molar-refractivity contribution >= 4 is 40.8 Å². The number of benzene rings is 5. The Labute approximate surface area is 366 Å². The Kier molecular flexibility index (Phi) is 14.4. The van der Waals surface area contributed by atoms with Crippen LogP contribution in [-0.2, 0) is 28.5 Å². The molecular weight excluding hydrogens is 829 g/mol. The first-order valence-corrected chi connectivity index (χ1v) is 20.3. The second-order valence-electron chi connectivity index (χ2n) is 14.3. The van der Waals surface area contributed by atoms with Crippen molar-refractivity contribution in [1.29, 1.82) is 0 Å². The van der Waals surface area contributed by atoms with Gasteiger partial charge in [0.2, 0.25) is 12.4 Å². The second-order valence-corrected chi connectivity index (χ2v) is 14.3. The van der Waals surface area contributed by atoms with Gasteiger partial charge in [0.1, 0.15) is 24.0 Å². The number of rotatable bonds is 16. The maximum absolute atomic E-state index is 14.0. The summed E-state index contributed by atoms with van der Waals surface area (Å²) < 4.78 is 53.6. The van der Waals surface area contributed by atoms with E-state index in [2.05, 4.69) is 0 Å². The summed E-state index contributed by atoms with van der Waals surface area (Å²) in [5, 5.41) is 0.254. The molecule has 64 heavy (non-hydrogen) atoms. The van der Waals surface area contributed by atoms with Gasteiger partial charge in [0, 0.05) is 13.0 Å². The second kappa shape index (κ2) is 20.9. The third-order valence-electron chi connectivity index (χ3n) is 9.77. The molecule has 328 valence electrons. The van der Waals surface area contributed by atoms with E-state index in [0.717, 1.165) is 13.3 Å². The fourth-order valence-electron chi connectivity index (χ4n) is 6.66. The van der Waals surface area contributed by atoms with Crippen LogP contribution in [0.25, 0.3) is 11.0 Å². The zero-order chi connectivity index (χ0) is 45.0. The van der Waals surface area contributed by atoms with Crippen LogP contribution in [0.1, 0.15) is 68.1 Å². The summed E-state index contributed by atoms with van der Waals surface area (Å²) >= 11 is 0. The van der Waals surface area contributed by atoms with Crippen molar-refractivity contribution in [2.24, 2.45) is 0 Å². The van der Waals surface area contributed by atoms with Gasteiger partial charge in [0.05, 0.1) is 34.2 Å². The molecule has 0 spiro atoms. The largest absolute Gasteiger partial charge is 0.489 e. The van der Waals surface area contributed by atoms with Crippen LogP contribution in [0.5, 0.6) is 17.2 Å². The number of fused-ring (bicyclic) bond motifs is 1. The van der Waals surface area contributed by atoms with E-state index < -0.39 is 78.5 Å². The van der Waals surface area contributed by atoms with Gasteiger partial charge in [-0.05, 0) is 67.1 Å². The van der Waals surface area contributed by atoms with Crippen LogP contribution in [0.15, 0.2) is 149 Å². The van der Waals surface area contributed by atoms with Crippen molar-refractivity contribution in [2.75, 3.05) is 13.2 Å². The van der Waals surface area contributed by atoms with Gasteiger partial charge in [-0.3, -0.25) is 4.79 Å². The normalized spacial score (nSPS) is 17.9. The highest BCUT2D eigenvalue weighted by atomic mass is 16.7. The number of hydrogen-bond donors (Lipinski definition) is 0. The quantitative estimate of drug-likeness (QED) is 0.0401. The molecule has 5 aromatic carbocycles. The van der Waals surface area contributed by atoms with E-state index in [1.165, 1.54) is 54.6 Å². The minimum atomic E-state index is -1.70. The van der Waals surface area contributed by atoms with E-state index in [4.69, 9.17) is 42.3 Å². The third-order valence-corrected chi connectivity index (χ3v) is 9.77. The van der Waals surface area contributed by atoms with Gasteiger partial charge in [0.25, 0.3) is 5.75 Å². The maximum Gasteiger partial charge on any atom is 0.383 e. The van der Waals surface area contributed by atoms with Crippen LogP contribution in [0.3, 0.4) is 0 Å². The lowest BCUT2D eigenvalue weighted by Crippen LogP contribution is -2.63.